The zero-order valence-corrected chi connectivity index (χ0v) is 10.3. The minimum atomic E-state index is -0.305. The van der Waals surface area contributed by atoms with Crippen molar-refractivity contribution in [3.8, 4) is 0 Å². The molecule has 0 spiro atoms. The van der Waals surface area contributed by atoms with Gasteiger partial charge in [0.15, 0.2) is 0 Å². The van der Waals surface area contributed by atoms with Crippen molar-refractivity contribution in [2.75, 3.05) is 7.05 Å². The molecule has 0 saturated carbocycles. The molecule has 0 atom stereocenters. The number of aryl methyl sites for hydroxylation is 1. The molecular weight excluding hydrogens is 216 g/mol. The number of ketones is 1. The van der Waals surface area contributed by atoms with Crippen molar-refractivity contribution in [3.05, 3.63) is 35.4 Å². The van der Waals surface area contributed by atoms with Gasteiger partial charge in [-0.2, -0.15) is 5.10 Å². The Morgan fingerprint density at radius 2 is 1.88 bits per heavy atom. The highest BCUT2D eigenvalue weighted by Gasteiger charge is 2.09. The Kier molecular flexibility index (Phi) is 4.57. The number of carbonyl (C=O) groups is 2. The second-order valence-corrected chi connectivity index (χ2v) is 3.95. The van der Waals surface area contributed by atoms with Crippen LogP contribution in [-0.4, -0.2) is 30.0 Å². The molecular formula is C13H16N2O2. The van der Waals surface area contributed by atoms with Crippen LogP contribution >= 0.6 is 0 Å². The maximum absolute atomic E-state index is 11.4. The van der Waals surface area contributed by atoms with E-state index in [1.807, 2.05) is 31.2 Å². The summed E-state index contributed by atoms with van der Waals surface area (Å²) in [7, 11) is 1.54. The predicted octanol–water partition coefficient (Wildman–Crippen LogP) is 1.77. The van der Waals surface area contributed by atoms with E-state index in [-0.39, 0.29) is 18.1 Å². The van der Waals surface area contributed by atoms with Gasteiger partial charge >= 0.3 is 0 Å². The molecule has 1 aromatic rings. The molecule has 0 unspecified atom stereocenters. The lowest BCUT2D eigenvalue weighted by atomic mass is 10.2. The summed E-state index contributed by atoms with van der Waals surface area (Å²) in [6.45, 7) is 3.39. The van der Waals surface area contributed by atoms with Crippen molar-refractivity contribution in [3.63, 3.8) is 0 Å². The zero-order chi connectivity index (χ0) is 12.8. The van der Waals surface area contributed by atoms with E-state index in [1.165, 1.54) is 24.5 Å². The molecule has 1 aromatic carbocycles. The number of nitrogens with zero attached hydrogens (tertiary/aromatic N) is 2. The normalized spacial score (nSPS) is 10.5. The van der Waals surface area contributed by atoms with Gasteiger partial charge < -0.3 is 0 Å². The number of hydrazone groups is 1. The standard InChI is InChI=1S/C13H16N2O2/c1-10-4-6-12(7-5-10)9-14-15(3)13(17)8-11(2)16/h4-7,9H,8H2,1-3H3/b14-9+. The molecule has 0 aliphatic carbocycles. The third-order valence-corrected chi connectivity index (χ3v) is 2.22. The molecule has 0 heterocycles. The Balaban J connectivity index is 2.61. The van der Waals surface area contributed by atoms with Crippen molar-refractivity contribution in [1.29, 1.82) is 0 Å². The topological polar surface area (TPSA) is 49.7 Å². The van der Waals surface area contributed by atoms with Crippen molar-refractivity contribution in [2.24, 2.45) is 5.10 Å². The van der Waals surface area contributed by atoms with Crippen molar-refractivity contribution >= 4 is 17.9 Å². The van der Waals surface area contributed by atoms with E-state index < -0.39 is 0 Å². The average Bonchev–Trinajstić information content (AvgIpc) is 2.27. The van der Waals surface area contributed by atoms with Gasteiger partial charge in [0.05, 0.1) is 12.6 Å². The van der Waals surface area contributed by atoms with Crippen molar-refractivity contribution < 1.29 is 9.59 Å². The molecule has 0 bridgehead atoms. The highest BCUT2D eigenvalue weighted by Crippen LogP contribution is 2.01. The Morgan fingerprint density at radius 3 is 2.41 bits per heavy atom. The van der Waals surface area contributed by atoms with Crippen LogP contribution in [0.4, 0.5) is 0 Å². The lowest BCUT2D eigenvalue weighted by Gasteiger charge is -2.09. The summed E-state index contributed by atoms with van der Waals surface area (Å²) in [5.41, 5.74) is 2.08. The first-order chi connectivity index (χ1) is 7.99. The molecule has 0 aromatic heterocycles. The summed E-state index contributed by atoms with van der Waals surface area (Å²) in [6, 6.07) is 7.78. The third kappa shape index (κ3) is 4.59. The fourth-order valence-electron chi connectivity index (χ4n) is 1.20. The van der Waals surface area contributed by atoms with Gasteiger partial charge in [0, 0.05) is 7.05 Å². The van der Waals surface area contributed by atoms with Gasteiger partial charge in [0.2, 0.25) is 5.91 Å². The van der Waals surface area contributed by atoms with Crippen LogP contribution in [0.5, 0.6) is 0 Å². The number of rotatable bonds is 4. The van der Waals surface area contributed by atoms with Crippen LogP contribution in [0.1, 0.15) is 24.5 Å². The fraction of sp³-hybridized carbons (Fsp3) is 0.308. The van der Waals surface area contributed by atoms with Crippen LogP contribution < -0.4 is 0 Å². The molecule has 0 saturated heterocycles. The highest BCUT2D eigenvalue weighted by molar-refractivity contribution is 5.97. The second kappa shape index (κ2) is 5.94. The van der Waals surface area contributed by atoms with Crippen molar-refractivity contribution in [2.45, 2.75) is 20.3 Å². The Morgan fingerprint density at radius 1 is 1.29 bits per heavy atom. The smallest absolute Gasteiger partial charge is 0.249 e. The third-order valence-electron chi connectivity index (χ3n) is 2.22. The first-order valence-corrected chi connectivity index (χ1v) is 5.35. The van der Waals surface area contributed by atoms with E-state index in [0.29, 0.717) is 0 Å². The minimum absolute atomic E-state index is 0.109. The van der Waals surface area contributed by atoms with Crippen LogP contribution in [0, 0.1) is 6.92 Å². The molecule has 0 fully saturated rings. The SMILES string of the molecule is CC(=O)CC(=O)N(C)/N=C/c1ccc(C)cc1. The lowest BCUT2D eigenvalue weighted by Crippen LogP contribution is -2.23. The first kappa shape index (κ1) is 13.1. The van der Waals surface area contributed by atoms with Gasteiger partial charge in [-0.1, -0.05) is 29.8 Å². The van der Waals surface area contributed by atoms with Gasteiger partial charge in [-0.05, 0) is 19.4 Å². The minimum Gasteiger partial charge on any atom is -0.299 e. The van der Waals surface area contributed by atoms with Gasteiger partial charge in [0.25, 0.3) is 0 Å². The largest absolute Gasteiger partial charge is 0.299 e. The Labute approximate surface area is 101 Å². The zero-order valence-electron chi connectivity index (χ0n) is 10.3. The highest BCUT2D eigenvalue weighted by atomic mass is 16.2. The van der Waals surface area contributed by atoms with Crippen LogP contribution in [0.15, 0.2) is 29.4 Å². The quantitative estimate of drug-likeness (QED) is 0.451. The van der Waals surface area contributed by atoms with Gasteiger partial charge in [-0.3, -0.25) is 9.59 Å². The monoisotopic (exact) mass is 232 g/mol. The van der Waals surface area contributed by atoms with E-state index in [0.717, 1.165) is 5.56 Å². The number of Topliss-reactive ketones (excluding diaryl/α,β-unsaturated/α-hetero) is 1. The van der Waals surface area contributed by atoms with Crippen LogP contribution in [0.25, 0.3) is 0 Å². The van der Waals surface area contributed by atoms with E-state index in [2.05, 4.69) is 5.10 Å². The molecule has 0 radical (unpaired) electrons. The summed E-state index contributed by atoms with van der Waals surface area (Å²) in [6.07, 6.45) is 1.49. The molecule has 4 heteroatoms. The lowest BCUT2D eigenvalue weighted by molar-refractivity contribution is -0.133. The van der Waals surface area contributed by atoms with Crippen LogP contribution in [0.3, 0.4) is 0 Å². The summed E-state index contributed by atoms with van der Waals surface area (Å²) in [4.78, 5) is 22.2. The number of amides is 1. The molecule has 17 heavy (non-hydrogen) atoms. The van der Waals surface area contributed by atoms with Crippen LogP contribution in [0.2, 0.25) is 0 Å². The maximum atomic E-state index is 11.4. The molecule has 1 rings (SSSR count). The van der Waals surface area contributed by atoms with Gasteiger partial charge in [0.1, 0.15) is 5.78 Å². The van der Waals surface area contributed by atoms with E-state index >= 15 is 0 Å². The summed E-state index contributed by atoms with van der Waals surface area (Å²) < 4.78 is 0. The number of hydrogen-bond donors (Lipinski definition) is 0. The van der Waals surface area contributed by atoms with E-state index in [9.17, 15) is 9.59 Å². The Bertz CT molecular complexity index is 435. The molecule has 0 aliphatic heterocycles. The number of benzene rings is 1. The van der Waals surface area contributed by atoms with Crippen molar-refractivity contribution in [1.82, 2.24) is 5.01 Å². The van der Waals surface area contributed by atoms with Gasteiger partial charge in [-0.25, -0.2) is 5.01 Å². The van der Waals surface area contributed by atoms with E-state index in [1.54, 1.807) is 6.21 Å². The predicted molar refractivity (Wildman–Crippen MR) is 66.8 cm³/mol. The second-order valence-electron chi connectivity index (χ2n) is 3.95. The number of hydrogen-bond acceptors (Lipinski definition) is 3. The Hall–Kier alpha value is -1.97. The summed E-state index contributed by atoms with van der Waals surface area (Å²) in [5.74, 6) is -0.465. The summed E-state index contributed by atoms with van der Waals surface area (Å²) in [5, 5.41) is 5.17. The summed E-state index contributed by atoms with van der Waals surface area (Å²) >= 11 is 0. The maximum Gasteiger partial charge on any atom is 0.249 e. The molecule has 0 N–H and O–H groups in total. The van der Waals surface area contributed by atoms with E-state index in [4.69, 9.17) is 0 Å². The molecule has 90 valence electrons. The average molecular weight is 232 g/mol. The number of carbonyl (C=O) groups excluding carboxylic acids is 2. The molecule has 1 amide bonds. The molecule has 0 aliphatic rings. The van der Waals surface area contributed by atoms with Gasteiger partial charge in [-0.15, -0.1) is 0 Å². The molecule has 4 nitrogen and oxygen atoms in total. The van der Waals surface area contributed by atoms with Crippen LogP contribution in [-0.2, 0) is 9.59 Å². The fourth-order valence-corrected chi connectivity index (χ4v) is 1.20. The first-order valence-electron chi connectivity index (χ1n) is 5.35.